The normalized spacial score (nSPS) is 11.2. The Morgan fingerprint density at radius 2 is 1.74 bits per heavy atom. The number of nitrogens with one attached hydrogen (secondary N) is 2. The molecular weight excluding hydrogens is 596 g/mol. The number of carbonyl (C=O) groups excluding carboxylic acids is 2. The highest BCUT2D eigenvalue weighted by Crippen LogP contribution is 2.32. The third kappa shape index (κ3) is 6.55. The Balaban J connectivity index is 1.14. The number of carbonyl (C=O) groups is 2. The average molecular weight is 623 g/mol. The van der Waals surface area contributed by atoms with Gasteiger partial charge in [0.15, 0.2) is 0 Å². The molecule has 0 spiro atoms. The Labute approximate surface area is 270 Å². The molecular formula is C37H27ClN6O2. The van der Waals surface area contributed by atoms with Crippen LogP contribution < -0.4 is 10.2 Å². The van der Waals surface area contributed by atoms with Crippen molar-refractivity contribution in [2.24, 2.45) is 0 Å². The van der Waals surface area contributed by atoms with E-state index in [1.54, 1.807) is 42.4 Å². The largest absolute Gasteiger partial charge is 0.360 e. The van der Waals surface area contributed by atoms with E-state index in [4.69, 9.17) is 16.6 Å². The number of hydrogen-bond donors (Lipinski definition) is 2. The summed E-state index contributed by atoms with van der Waals surface area (Å²) >= 11 is 6.52. The van der Waals surface area contributed by atoms with Crippen molar-refractivity contribution in [3.05, 3.63) is 149 Å². The minimum absolute atomic E-state index is 0.0239. The highest BCUT2D eigenvalue weighted by atomic mass is 35.5. The fourth-order valence-corrected chi connectivity index (χ4v) is 5.27. The molecule has 224 valence electrons. The number of para-hydroxylation sites is 1. The minimum atomic E-state index is -0.530. The summed E-state index contributed by atoms with van der Waals surface area (Å²) in [6, 6.07) is 33.2. The lowest BCUT2D eigenvalue weighted by Gasteiger charge is -2.18. The number of rotatable bonds is 8. The summed E-state index contributed by atoms with van der Waals surface area (Å²) in [5.74, 6) is -0.148. The molecule has 0 aliphatic heterocycles. The maximum Gasteiger partial charge on any atom is 0.266 e. The van der Waals surface area contributed by atoms with Gasteiger partial charge < -0.3 is 15.2 Å². The van der Waals surface area contributed by atoms with Gasteiger partial charge in [-0.1, -0.05) is 72.3 Å². The summed E-state index contributed by atoms with van der Waals surface area (Å²) in [5, 5.41) is 13.7. The van der Waals surface area contributed by atoms with Gasteiger partial charge in [0.25, 0.3) is 11.8 Å². The molecule has 0 bridgehead atoms. The standard InChI is InChI=1S/C37H27ClN6O2/c1-44(37(46)26-14-16-28(17-15-26)42-36(45)27(21-39)18-24-8-3-2-4-9-24)29-11-7-10-25(19-29)20-34-41-23-32(38)35(43-34)31-22-40-33-13-6-5-12-30(31)33/h2-19,22-23,40H,20H2,1H3,(H,42,45)/b27-18-. The van der Waals surface area contributed by atoms with Gasteiger partial charge >= 0.3 is 0 Å². The minimum Gasteiger partial charge on any atom is -0.360 e. The molecule has 9 heteroatoms. The molecule has 0 aliphatic rings. The molecule has 46 heavy (non-hydrogen) atoms. The third-order valence-electron chi connectivity index (χ3n) is 7.47. The van der Waals surface area contributed by atoms with Gasteiger partial charge in [0, 0.05) is 59.3 Å². The second-order valence-electron chi connectivity index (χ2n) is 10.6. The van der Waals surface area contributed by atoms with Crippen molar-refractivity contribution in [2.45, 2.75) is 6.42 Å². The molecule has 0 saturated carbocycles. The zero-order chi connectivity index (χ0) is 32.0. The van der Waals surface area contributed by atoms with E-state index in [-0.39, 0.29) is 11.5 Å². The first kappa shape index (κ1) is 30.0. The molecule has 2 aromatic heterocycles. The lowest BCUT2D eigenvalue weighted by Crippen LogP contribution is -2.26. The highest BCUT2D eigenvalue weighted by Gasteiger charge is 2.17. The van der Waals surface area contributed by atoms with Gasteiger partial charge in [-0.15, -0.1) is 0 Å². The van der Waals surface area contributed by atoms with Crippen molar-refractivity contribution >= 4 is 51.8 Å². The number of hydrogen-bond acceptors (Lipinski definition) is 5. The first-order valence-corrected chi connectivity index (χ1v) is 14.8. The van der Waals surface area contributed by atoms with Crippen LogP contribution in [0.25, 0.3) is 28.2 Å². The zero-order valence-corrected chi connectivity index (χ0v) is 25.5. The lowest BCUT2D eigenvalue weighted by molar-refractivity contribution is -0.112. The Hall–Kier alpha value is -6.04. The number of amides is 2. The number of aromatic nitrogens is 3. The smallest absolute Gasteiger partial charge is 0.266 e. The molecule has 2 heterocycles. The summed E-state index contributed by atoms with van der Waals surface area (Å²) in [6.07, 6.45) is 5.49. The summed E-state index contributed by atoms with van der Waals surface area (Å²) < 4.78 is 0. The van der Waals surface area contributed by atoms with Crippen LogP contribution in [0.5, 0.6) is 0 Å². The molecule has 8 nitrogen and oxygen atoms in total. The predicted octanol–water partition coefficient (Wildman–Crippen LogP) is 7.69. The second kappa shape index (κ2) is 13.3. The number of aromatic amines is 1. The number of fused-ring (bicyclic) bond motifs is 1. The highest BCUT2D eigenvalue weighted by molar-refractivity contribution is 6.33. The van der Waals surface area contributed by atoms with Gasteiger partial charge in [-0.2, -0.15) is 5.26 Å². The van der Waals surface area contributed by atoms with E-state index in [9.17, 15) is 14.9 Å². The Bertz CT molecular complexity index is 2130. The monoisotopic (exact) mass is 622 g/mol. The van der Waals surface area contributed by atoms with E-state index < -0.39 is 5.91 Å². The fourth-order valence-electron chi connectivity index (χ4n) is 5.07. The van der Waals surface area contributed by atoms with Crippen LogP contribution in [-0.4, -0.2) is 33.8 Å². The van der Waals surface area contributed by atoms with Crippen LogP contribution in [0.15, 0.2) is 121 Å². The number of benzene rings is 4. The molecule has 0 fully saturated rings. The van der Waals surface area contributed by atoms with Crippen LogP contribution in [0.1, 0.15) is 27.3 Å². The molecule has 2 amide bonds. The number of nitrogens with zero attached hydrogens (tertiary/aromatic N) is 4. The Kier molecular flexibility index (Phi) is 8.68. The molecule has 0 saturated heterocycles. The summed E-state index contributed by atoms with van der Waals surface area (Å²) in [6.45, 7) is 0. The summed E-state index contributed by atoms with van der Waals surface area (Å²) in [7, 11) is 1.71. The van der Waals surface area contributed by atoms with E-state index >= 15 is 0 Å². The fraction of sp³-hybridized carbons (Fsp3) is 0.0541. The number of halogens is 1. The van der Waals surface area contributed by atoms with Crippen LogP contribution in [0.4, 0.5) is 11.4 Å². The SMILES string of the molecule is CN(C(=O)c1ccc(NC(=O)/C(C#N)=C\c2ccccc2)cc1)c1cccc(Cc2ncc(Cl)c(-c3c[nH]c4ccccc34)n2)c1. The summed E-state index contributed by atoms with van der Waals surface area (Å²) in [4.78, 5) is 40.1. The first-order valence-electron chi connectivity index (χ1n) is 14.4. The van der Waals surface area contributed by atoms with Gasteiger partial charge in [0.05, 0.1) is 10.7 Å². The van der Waals surface area contributed by atoms with Crippen molar-refractivity contribution in [2.75, 3.05) is 17.3 Å². The number of anilines is 2. The average Bonchev–Trinajstić information content (AvgIpc) is 3.52. The van der Waals surface area contributed by atoms with Crippen molar-refractivity contribution < 1.29 is 9.59 Å². The van der Waals surface area contributed by atoms with E-state index in [0.29, 0.717) is 39.9 Å². The molecule has 6 aromatic rings. The van der Waals surface area contributed by atoms with Crippen LogP contribution in [0, 0.1) is 11.3 Å². The zero-order valence-electron chi connectivity index (χ0n) is 24.7. The summed E-state index contributed by atoms with van der Waals surface area (Å²) in [5.41, 5.74) is 5.83. The first-order chi connectivity index (χ1) is 22.4. The third-order valence-corrected chi connectivity index (χ3v) is 7.75. The Morgan fingerprint density at radius 1 is 0.978 bits per heavy atom. The van der Waals surface area contributed by atoms with Gasteiger partial charge in [-0.25, -0.2) is 9.97 Å². The number of H-pyrrole nitrogens is 1. The maximum absolute atomic E-state index is 13.4. The van der Waals surface area contributed by atoms with Gasteiger partial charge in [-0.05, 0) is 59.7 Å². The van der Waals surface area contributed by atoms with Crippen molar-refractivity contribution in [1.82, 2.24) is 15.0 Å². The van der Waals surface area contributed by atoms with Crippen molar-refractivity contribution in [3.8, 4) is 17.3 Å². The van der Waals surface area contributed by atoms with Crippen LogP contribution in [-0.2, 0) is 11.2 Å². The molecule has 4 aromatic carbocycles. The lowest BCUT2D eigenvalue weighted by atomic mass is 10.1. The topological polar surface area (TPSA) is 115 Å². The van der Waals surface area contributed by atoms with Crippen LogP contribution >= 0.6 is 11.6 Å². The quantitative estimate of drug-likeness (QED) is 0.133. The predicted molar refractivity (Wildman–Crippen MR) is 181 cm³/mol. The number of nitriles is 1. The van der Waals surface area contributed by atoms with Crippen molar-refractivity contribution in [3.63, 3.8) is 0 Å². The molecule has 2 N–H and O–H groups in total. The van der Waals surface area contributed by atoms with E-state index in [1.807, 2.05) is 91.1 Å². The van der Waals surface area contributed by atoms with Gasteiger partial charge in [-0.3, -0.25) is 9.59 Å². The molecule has 0 atom stereocenters. The maximum atomic E-state index is 13.4. The van der Waals surface area contributed by atoms with Gasteiger partial charge in [0.1, 0.15) is 17.5 Å². The Morgan fingerprint density at radius 3 is 2.52 bits per heavy atom. The van der Waals surface area contributed by atoms with Crippen LogP contribution in [0.2, 0.25) is 5.02 Å². The molecule has 0 aliphatic carbocycles. The van der Waals surface area contributed by atoms with E-state index in [1.165, 1.54) is 6.08 Å². The van der Waals surface area contributed by atoms with Gasteiger partial charge in [0.2, 0.25) is 0 Å². The second-order valence-corrected chi connectivity index (χ2v) is 11.0. The van der Waals surface area contributed by atoms with Crippen molar-refractivity contribution in [1.29, 1.82) is 5.26 Å². The van der Waals surface area contributed by atoms with E-state index in [2.05, 4.69) is 15.3 Å². The molecule has 0 unspecified atom stereocenters. The van der Waals surface area contributed by atoms with E-state index in [0.717, 1.165) is 27.6 Å². The van der Waals surface area contributed by atoms with Crippen LogP contribution in [0.3, 0.4) is 0 Å². The molecule has 6 rings (SSSR count). The molecule has 0 radical (unpaired) electrons.